The number of aryl methyl sites for hydroxylation is 1. The van der Waals surface area contributed by atoms with E-state index in [2.05, 4.69) is 20.2 Å². The third kappa shape index (κ3) is 5.79. The van der Waals surface area contributed by atoms with Gasteiger partial charge in [0.25, 0.3) is 0 Å². The highest BCUT2D eigenvalue weighted by atomic mass is 16.5. The molecule has 6 heteroatoms. The molecule has 0 unspecified atom stereocenters. The van der Waals surface area contributed by atoms with Crippen molar-refractivity contribution < 1.29 is 9.53 Å². The Morgan fingerprint density at radius 1 is 1.44 bits per heavy atom. The van der Waals surface area contributed by atoms with Gasteiger partial charge < -0.3 is 19.9 Å². The lowest BCUT2D eigenvalue weighted by Gasteiger charge is -2.07. The van der Waals surface area contributed by atoms with Crippen molar-refractivity contribution >= 4 is 5.91 Å². The first-order chi connectivity index (χ1) is 8.74. The highest BCUT2D eigenvalue weighted by molar-refractivity contribution is 5.75. The summed E-state index contributed by atoms with van der Waals surface area (Å²) in [6.07, 6.45) is 4.24. The lowest BCUT2D eigenvalue weighted by molar-refractivity contribution is -0.121. The summed E-state index contributed by atoms with van der Waals surface area (Å²) < 4.78 is 6.92. The van der Waals surface area contributed by atoms with Gasteiger partial charge in [-0.15, -0.1) is 0 Å². The van der Waals surface area contributed by atoms with E-state index >= 15 is 0 Å². The molecule has 0 aliphatic heterocycles. The summed E-state index contributed by atoms with van der Waals surface area (Å²) in [7, 11) is 1.62. The van der Waals surface area contributed by atoms with Crippen LogP contribution in [0.4, 0.5) is 0 Å². The Bertz CT molecular complexity index is 352. The van der Waals surface area contributed by atoms with Crippen LogP contribution in [0.5, 0.6) is 0 Å². The first kappa shape index (κ1) is 14.7. The molecule has 0 spiro atoms. The lowest BCUT2D eigenvalue weighted by Crippen LogP contribution is -2.31. The second-order valence-electron chi connectivity index (χ2n) is 4.01. The summed E-state index contributed by atoms with van der Waals surface area (Å²) in [5.41, 5.74) is 0. The van der Waals surface area contributed by atoms with Crippen LogP contribution >= 0.6 is 0 Å². The van der Waals surface area contributed by atoms with Crippen LogP contribution in [0.3, 0.4) is 0 Å². The minimum atomic E-state index is 0.0540. The quantitative estimate of drug-likeness (QED) is 0.606. The van der Waals surface area contributed by atoms with E-state index < -0.39 is 0 Å². The van der Waals surface area contributed by atoms with Gasteiger partial charge in [-0.3, -0.25) is 4.79 Å². The van der Waals surface area contributed by atoms with Crippen LogP contribution in [0.2, 0.25) is 0 Å². The maximum Gasteiger partial charge on any atom is 0.221 e. The maximum atomic E-state index is 11.3. The number of amides is 1. The molecule has 2 N–H and O–H groups in total. The zero-order valence-corrected chi connectivity index (χ0v) is 11.1. The zero-order chi connectivity index (χ0) is 13.2. The van der Waals surface area contributed by atoms with Gasteiger partial charge in [-0.25, -0.2) is 4.98 Å². The second-order valence-corrected chi connectivity index (χ2v) is 4.01. The number of carbonyl (C=O) groups excluding carboxylic acids is 1. The van der Waals surface area contributed by atoms with Gasteiger partial charge in [0, 0.05) is 52.1 Å². The van der Waals surface area contributed by atoms with Gasteiger partial charge in [-0.05, 0) is 6.92 Å². The van der Waals surface area contributed by atoms with Crippen molar-refractivity contribution in [2.24, 2.45) is 0 Å². The normalized spacial score (nSPS) is 10.6. The van der Waals surface area contributed by atoms with Crippen LogP contribution in [0.1, 0.15) is 12.2 Å². The maximum absolute atomic E-state index is 11.3. The number of hydrogen-bond acceptors (Lipinski definition) is 4. The summed E-state index contributed by atoms with van der Waals surface area (Å²) in [5.74, 6) is 1.06. The fourth-order valence-corrected chi connectivity index (χ4v) is 1.55. The molecule has 1 amide bonds. The number of hydrogen-bond donors (Lipinski definition) is 2. The molecule has 0 radical (unpaired) electrons. The summed E-state index contributed by atoms with van der Waals surface area (Å²) in [6, 6.07) is 0. The number of aromatic nitrogens is 2. The van der Waals surface area contributed by atoms with Crippen molar-refractivity contribution in [3.63, 3.8) is 0 Å². The van der Waals surface area contributed by atoms with E-state index in [-0.39, 0.29) is 5.91 Å². The topological polar surface area (TPSA) is 68.2 Å². The van der Waals surface area contributed by atoms with E-state index in [9.17, 15) is 4.79 Å². The van der Waals surface area contributed by atoms with E-state index in [1.54, 1.807) is 13.3 Å². The van der Waals surface area contributed by atoms with Crippen LogP contribution < -0.4 is 10.6 Å². The van der Waals surface area contributed by atoms with Crippen LogP contribution in [-0.2, 0) is 16.1 Å². The molecule has 1 aromatic rings. The highest BCUT2D eigenvalue weighted by Gasteiger charge is 2.00. The molecule has 102 valence electrons. The van der Waals surface area contributed by atoms with E-state index in [0.29, 0.717) is 26.1 Å². The number of ether oxygens (including phenoxy) is 1. The summed E-state index contributed by atoms with van der Waals surface area (Å²) in [5, 5.41) is 6.01. The summed E-state index contributed by atoms with van der Waals surface area (Å²) >= 11 is 0. The Hall–Kier alpha value is -1.40. The van der Waals surface area contributed by atoms with Crippen molar-refractivity contribution in [2.45, 2.75) is 19.9 Å². The molecule has 1 heterocycles. The fraction of sp³-hybridized carbons (Fsp3) is 0.667. The molecule has 1 rings (SSSR count). The number of rotatable bonds is 9. The van der Waals surface area contributed by atoms with Gasteiger partial charge in [0.2, 0.25) is 5.91 Å². The third-order valence-corrected chi connectivity index (χ3v) is 2.61. The second kappa shape index (κ2) is 8.66. The minimum absolute atomic E-state index is 0.0540. The highest BCUT2D eigenvalue weighted by Crippen LogP contribution is 1.93. The van der Waals surface area contributed by atoms with Crippen molar-refractivity contribution in [1.82, 2.24) is 20.2 Å². The predicted molar refractivity (Wildman–Crippen MR) is 69.3 cm³/mol. The van der Waals surface area contributed by atoms with E-state index in [0.717, 1.165) is 18.9 Å². The first-order valence-corrected chi connectivity index (χ1v) is 6.18. The number of imidazole rings is 1. The van der Waals surface area contributed by atoms with Crippen LogP contribution in [0.15, 0.2) is 12.4 Å². The molecule has 0 bridgehead atoms. The lowest BCUT2D eigenvalue weighted by atomic mass is 10.4. The van der Waals surface area contributed by atoms with Crippen LogP contribution in [-0.4, -0.2) is 48.8 Å². The molecule has 0 aliphatic rings. The van der Waals surface area contributed by atoms with Gasteiger partial charge in [0.05, 0.1) is 6.61 Å². The minimum Gasteiger partial charge on any atom is -0.383 e. The van der Waals surface area contributed by atoms with Gasteiger partial charge in [0.15, 0.2) is 0 Å². The van der Waals surface area contributed by atoms with Crippen molar-refractivity contribution in [2.75, 3.05) is 33.4 Å². The molecule has 6 nitrogen and oxygen atoms in total. The molecule has 1 aromatic heterocycles. The first-order valence-electron chi connectivity index (χ1n) is 6.18. The molecule has 0 saturated carbocycles. The average molecular weight is 254 g/mol. The Kier molecular flexibility index (Phi) is 7.05. The average Bonchev–Trinajstić information content (AvgIpc) is 2.75. The number of methoxy groups -OCH3 is 1. The van der Waals surface area contributed by atoms with Crippen molar-refractivity contribution in [3.05, 3.63) is 18.2 Å². The largest absolute Gasteiger partial charge is 0.383 e. The Labute approximate surface area is 108 Å². The Balaban J connectivity index is 1.98. The predicted octanol–water partition coefficient (Wildman–Crippen LogP) is -0.0662. The number of carbonyl (C=O) groups is 1. The van der Waals surface area contributed by atoms with Gasteiger partial charge in [-0.1, -0.05) is 0 Å². The van der Waals surface area contributed by atoms with Crippen molar-refractivity contribution in [1.29, 1.82) is 0 Å². The third-order valence-electron chi connectivity index (χ3n) is 2.61. The van der Waals surface area contributed by atoms with Gasteiger partial charge in [0.1, 0.15) is 5.82 Å². The molecule has 0 aliphatic carbocycles. The summed E-state index contributed by atoms with van der Waals surface area (Å²) in [4.78, 5) is 15.5. The number of nitrogens with zero attached hydrogens (tertiary/aromatic N) is 2. The van der Waals surface area contributed by atoms with Crippen LogP contribution in [0, 0.1) is 6.92 Å². The van der Waals surface area contributed by atoms with Crippen molar-refractivity contribution in [3.8, 4) is 0 Å². The molecule has 0 fully saturated rings. The summed E-state index contributed by atoms with van der Waals surface area (Å²) in [6.45, 7) is 5.50. The SMILES string of the molecule is COCCNC(=O)CCNCCn1ccnc1C. The van der Waals surface area contributed by atoms with E-state index in [4.69, 9.17) is 4.74 Å². The fourth-order valence-electron chi connectivity index (χ4n) is 1.55. The van der Waals surface area contributed by atoms with Gasteiger partial charge in [-0.2, -0.15) is 0 Å². The van der Waals surface area contributed by atoms with E-state index in [1.165, 1.54) is 0 Å². The van der Waals surface area contributed by atoms with E-state index in [1.807, 2.05) is 13.1 Å². The molecule has 0 atom stereocenters. The van der Waals surface area contributed by atoms with Crippen LogP contribution in [0.25, 0.3) is 0 Å². The Morgan fingerprint density at radius 3 is 2.94 bits per heavy atom. The van der Waals surface area contributed by atoms with Gasteiger partial charge >= 0.3 is 0 Å². The zero-order valence-electron chi connectivity index (χ0n) is 11.1. The molecular weight excluding hydrogens is 232 g/mol. The molecular formula is C12H22N4O2. The monoisotopic (exact) mass is 254 g/mol. The molecule has 18 heavy (non-hydrogen) atoms. The smallest absolute Gasteiger partial charge is 0.221 e. The molecule has 0 saturated heterocycles. The molecule has 0 aromatic carbocycles. The number of nitrogens with one attached hydrogen (secondary N) is 2. The standard InChI is InChI=1S/C12H22N4O2/c1-11-14-6-9-16(11)8-5-13-4-3-12(17)15-7-10-18-2/h6,9,13H,3-5,7-8,10H2,1-2H3,(H,15,17). The Morgan fingerprint density at radius 2 is 2.28 bits per heavy atom.